The van der Waals surface area contributed by atoms with Crippen molar-refractivity contribution in [3.05, 3.63) is 17.0 Å². The van der Waals surface area contributed by atoms with Crippen LogP contribution >= 0.6 is 11.3 Å². The molecule has 6 heteroatoms. The first-order chi connectivity index (χ1) is 5.04. The molecule has 1 heterocycles. The second kappa shape index (κ2) is 2.71. The molecule has 0 saturated heterocycles. The lowest BCUT2D eigenvalue weighted by molar-refractivity contribution is -0.134. The Balaban J connectivity index is 2.89. The number of hydrogen-bond donors (Lipinski definition) is 2. The second-order valence-corrected chi connectivity index (χ2v) is 2.89. The van der Waals surface area contributed by atoms with Crippen molar-refractivity contribution in [1.29, 1.82) is 0 Å². The summed E-state index contributed by atoms with van der Waals surface area (Å²) in [5.74, 6) is 4.90. The molecule has 0 aliphatic carbocycles. The molecule has 0 atom stereocenters. The molecule has 0 spiro atoms. The van der Waals surface area contributed by atoms with E-state index in [0.29, 0.717) is 16.3 Å². The number of rotatable bonds is 1. The number of hydrazine groups is 1. The van der Waals surface area contributed by atoms with E-state index in [4.69, 9.17) is 5.84 Å². The zero-order chi connectivity index (χ0) is 8.48. The fraction of sp³-hybridized carbons (Fsp3) is 0.200. The quantitative estimate of drug-likeness (QED) is 0.515. The van der Waals surface area contributed by atoms with Gasteiger partial charge in [-0.05, 0) is 12.1 Å². The van der Waals surface area contributed by atoms with Gasteiger partial charge in [0, 0.05) is 0 Å². The van der Waals surface area contributed by atoms with Gasteiger partial charge in [0.25, 0.3) is 0 Å². The van der Waals surface area contributed by atoms with Gasteiger partial charge in [0.1, 0.15) is 9.88 Å². The summed E-state index contributed by atoms with van der Waals surface area (Å²) in [5.41, 5.74) is 2.14. The lowest BCUT2D eigenvalue weighted by Crippen LogP contribution is -2.04. The summed E-state index contributed by atoms with van der Waals surface area (Å²) in [6, 6.07) is 2.27. The number of thiophene rings is 1. The van der Waals surface area contributed by atoms with E-state index in [1.54, 1.807) is 0 Å². The molecule has 0 aromatic carbocycles. The highest BCUT2D eigenvalue weighted by Gasteiger charge is 2.32. The highest BCUT2D eigenvalue weighted by molar-refractivity contribution is 7.16. The first-order valence-electron chi connectivity index (χ1n) is 2.67. The molecule has 1 rings (SSSR count). The smallest absolute Gasteiger partial charge is 0.315 e. The van der Waals surface area contributed by atoms with Crippen LogP contribution in [0, 0.1) is 0 Å². The van der Waals surface area contributed by atoms with Gasteiger partial charge >= 0.3 is 6.18 Å². The van der Waals surface area contributed by atoms with Crippen molar-refractivity contribution in [2.45, 2.75) is 6.18 Å². The molecule has 0 unspecified atom stereocenters. The molecule has 0 fully saturated rings. The van der Waals surface area contributed by atoms with Crippen LogP contribution in [0.3, 0.4) is 0 Å². The number of anilines is 1. The molecule has 0 aliphatic heterocycles. The second-order valence-electron chi connectivity index (χ2n) is 1.81. The summed E-state index contributed by atoms with van der Waals surface area (Å²) in [6.07, 6.45) is -4.26. The van der Waals surface area contributed by atoms with Gasteiger partial charge in [-0.2, -0.15) is 13.2 Å². The average Bonchev–Trinajstić information content (AvgIpc) is 2.32. The highest BCUT2D eigenvalue weighted by Crippen LogP contribution is 2.36. The zero-order valence-corrected chi connectivity index (χ0v) is 6.09. The number of nitrogen functional groups attached to an aromatic ring is 1. The molecule has 1 aromatic rings. The van der Waals surface area contributed by atoms with Gasteiger partial charge in [-0.25, -0.2) is 5.84 Å². The summed E-state index contributed by atoms with van der Waals surface area (Å²) in [4.78, 5) is -0.648. The molecule has 1 aromatic heterocycles. The monoisotopic (exact) mass is 182 g/mol. The van der Waals surface area contributed by atoms with E-state index in [-0.39, 0.29) is 0 Å². The van der Waals surface area contributed by atoms with Gasteiger partial charge in [-0.1, -0.05) is 0 Å². The number of alkyl halides is 3. The van der Waals surface area contributed by atoms with Crippen LogP contribution in [-0.4, -0.2) is 0 Å². The van der Waals surface area contributed by atoms with E-state index < -0.39 is 11.1 Å². The van der Waals surface area contributed by atoms with Crippen molar-refractivity contribution in [1.82, 2.24) is 0 Å². The van der Waals surface area contributed by atoms with Crippen molar-refractivity contribution < 1.29 is 13.2 Å². The van der Waals surface area contributed by atoms with Crippen LogP contribution in [0.5, 0.6) is 0 Å². The fourth-order valence-corrected chi connectivity index (χ4v) is 1.25. The maximum absolute atomic E-state index is 11.9. The lowest BCUT2D eigenvalue weighted by atomic mass is 10.4. The number of hydrogen-bond acceptors (Lipinski definition) is 3. The Morgan fingerprint density at radius 2 is 2.00 bits per heavy atom. The fourth-order valence-electron chi connectivity index (χ4n) is 0.568. The minimum atomic E-state index is -4.26. The van der Waals surface area contributed by atoms with Gasteiger partial charge in [0.2, 0.25) is 0 Å². The first kappa shape index (κ1) is 8.35. The SMILES string of the molecule is NNc1ccc(C(F)(F)F)s1. The third-order valence-electron chi connectivity index (χ3n) is 1.03. The van der Waals surface area contributed by atoms with Gasteiger partial charge in [-0.3, -0.25) is 0 Å². The summed E-state index contributed by atoms with van der Waals surface area (Å²) >= 11 is 0.579. The van der Waals surface area contributed by atoms with E-state index in [2.05, 4.69) is 5.43 Å². The van der Waals surface area contributed by atoms with Crippen molar-refractivity contribution >= 4 is 16.3 Å². The van der Waals surface area contributed by atoms with Gasteiger partial charge in [0.05, 0.1) is 0 Å². The molecular formula is C5H5F3N2S. The molecule has 62 valence electrons. The molecule has 0 bridgehead atoms. The van der Waals surface area contributed by atoms with Crippen LogP contribution in [0.1, 0.15) is 4.88 Å². The topological polar surface area (TPSA) is 38.0 Å². The van der Waals surface area contributed by atoms with Crippen molar-refractivity contribution in [2.24, 2.45) is 5.84 Å². The third-order valence-corrected chi connectivity index (χ3v) is 2.09. The standard InChI is InChI=1S/C5H5F3N2S/c6-5(7,8)3-1-2-4(10-9)11-3/h1-2,10H,9H2. The van der Waals surface area contributed by atoms with Crippen LogP contribution in [0.25, 0.3) is 0 Å². The Bertz CT molecular complexity index is 242. The summed E-state index contributed by atoms with van der Waals surface area (Å²) in [6.45, 7) is 0. The minimum Gasteiger partial charge on any atom is -0.315 e. The van der Waals surface area contributed by atoms with Crippen LogP contribution in [0.4, 0.5) is 18.2 Å². The Hall–Kier alpha value is -0.750. The van der Waals surface area contributed by atoms with E-state index in [1.165, 1.54) is 6.07 Å². The lowest BCUT2D eigenvalue weighted by Gasteiger charge is -2.00. The first-order valence-corrected chi connectivity index (χ1v) is 3.49. The van der Waals surface area contributed by atoms with E-state index >= 15 is 0 Å². The Morgan fingerprint density at radius 1 is 1.36 bits per heavy atom. The molecule has 3 N–H and O–H groups in total. The normalized spacial score (nSPS) is 11.6. The summed E-state index contributed by atoms with van der Waals surface area (Å²) in [7, 11) is 0. The van der Waals surface area contributed by atoms with E-state index in [1.807, 2.05) is 0 Å². The predicted molar refractivity (Wildman–Crippen MR) is 37.1 cm³/mol. The Labute approximate surface area is 64.8 Å². The number of nitrogens with two attached hydrogens (primary N) is 1. The summed E-state index contributed by atoms with van der Waals surface area (Å²) in [5, 5.41) is 0.303. The molecule has 0 aliphatic rings. The third kappa shape index (κ3) is 1.84. The molecule has 0 radical (unpaired) electrons. The van der Waals surface area contributed by atoms with Gasteiger partial charge in [-0.15, -0.1) is 11.3 Å². The van der Waals surface area contributed by atoms with Gasteiger partial charge < -0.3 is 5.43 Å². The van der Waals surface area contributed by atoms with Crippen LogP contribution in [-0.2, 0) is 6.18 Å². The molecular weight excluding hydrogens is 177 g/mol. The average molecular weight is 182 g/mol. The predicted octanol–water partition coefficient (Wildman–Crippen LogP) is 2.05. The van der Waals surface area contributed by atoms with Crippen LogP contribution in [0.15, 0.2) is 12.1 Å². The van der Waals surface area contributed by atoms with Gasteiger partial charge in [0.15, 0.2) is 0 Å². The largest absolute Gasteiger partial charge is 0.425 e. The number of halogens is 3. The summed E-state index contributed by atoms with van der Waals surface area (Å²) < 4.78 is 35.6. The van der Waals surface area contributed by atoms with Crippen molar-refractivity contribution in [3.8, 4) is 0 Å². The number of nitrogens with one attached hydrogen (secondary N) is 1. The molecule has 0 saturated carbocycles. The maximum atomic E-state index is 11.9. The maximum Gasteiger partial charge on any atom is 0.425 e. The molecule has 11 heavy (non-hydrogen) atoms. The van der Waals surface area contributed by atoms with E-state index in [0.717, 1.165) is 6.07 Å². The van der Waals surface area contributed by atoms with Crippen molar-refractivity contribution in [2.75, 3.05) is 5.43 Å². The highest BCUT2D eigenvalue weighted by atomic mass is 32.1. The molecule has 2 nitrogen and oxygen atoms in total. The molecule has 0 amide bonds. The minimum absolute atomic E-state index is 0.303. The van der Waals surface area contributed by atoms with Crippen LogP contribution < -0.4 is 11.3 Å². The Morgan fingerprint density at radius 3 is 2.27 bits per heavy atom. The zero-order valence-electron chi connectivity index (χ0n) is 5.27. The van der Waals surface area contributed by atoms with Crippen LogP contribution in [0.2, 0.25) is 0 Å². The van der Waals surface area contributed by atoms with E-state index in [9.17, 15) is 13.2 Å². The van der Waals surface area contributed by atoms with Crippen molar-refractivity contribution in [3.63, 3.8) is 0 Å². The Kier molecular flexibility index (Phi) is 2.05.